The molecule has 1 aromatic heterocycles. The molecule has 7 heteroatoms. The van der Waals surface area contributed by atoms with Gasteiger partial charge >= 0.3 is 12.0 Å². The van der Waals surface area contributed by atoms with Crippen LogP contribution in [-0.4, -0.2) is 32.3 Å². The van der Waals surface area contributed by atoms with Crippen molar-refractivity contribution in [3.8, 4) is 0 Å². The highest BCUT2D eigenvalue weighted by molar-refractivity contribution is 7.10. The van der Waals surface area contributed by atoms with Crippen LogP contribution in [0.5, 0.6) is 0 Å². The monoisotopic (exact) mass is 310 g/mol. The highest BCUT2D eigenvalue weighted by atomic mass is 32.1. The van der Waals surface area contributed by atoms with E-state index < -0.39 is 12.0 Å². The molecule has 0 bridgehead atoms. The van der Waals surface area contributed by atoms with Crippen molar-refractivity contribution >= 4 is 23.3 Å². The first-order valence-electron chi connectivity index (χ1n) is 6.53. The minimum absolute atomic E-state index is 0.177. The number of carbonyl (C=O) groups excluding carboxylic acids is 2. The Labute approximate surface area is 127 Å². The Balaban J connectivity index is 2.28. The number of methoxy groups -OCH3 is 1. The largest absolute Gasteiger partial charge is 0.460 e. The number of hydrogen-bond acceptors (Lipinski definition) is 5. The van der Waals surface area contributed by atoms with Crippen LogP contribution in [0.15, 0.2) is 22.7 Å². The van der Waals surface area contributed by atoms with Crippen molar-refractivity contribution in [1.29, 1.82) is 0 Å². The third-order valence-corrected chi connectivity index (χ3v) is 4.26. The van der Waals surface area contributed by atoms with Crippen molar-refractivity contribution in [2.24, 2.45) is 0 Å². The lowest BCUT2D eigenvalue weighted by molar-refractivity contribution is -0.140. The topological polar surface area (TPSA) is 76.7 Å². The van der Waals surface area contributed by atoms with Gasteiger partial charge in [-0.1, -0.05) is 0 Å². The van der Waals surface area contributed by atoms with Gasteiger partial charge in [0.2, 0.25) is 0 Å². The summed E-state index contributed by atoms with van der Waals surface area (Å²) in [7, 11) is 1.54. The second-order valence-electron chi connectivity index (χ2n) is 4.67. The minimum atomic E-state index is -0.478. The van der Waals surface area contributed by atoms with E-state index in [1.54, 1.807) is 14.0 Å². The maximum absolute atomic E-state index is 12.3. The number of allylic oxidation sites excluding steroid dienone is 1. The maximum Gasteiger partial charge on any atom is 0.338 e. The van der Waals surface area contributed by atoms with Crippen molar-refractivity contribution in [2.75, 3.05) is 20.3 Å². The molecule has 2 rings (SSSR count). The van der Waals surface area contributed by atoms with E-state index in [1.165, 1.54) is 11.3 Å². The number of rotatable bonds is 5. The molecule has 0 aliphatic carbocycles. The molecule has 0 unspecified atom stereocenters. The van der Waals surface area contributed by atoms with Crippen LogP contribution in [0.25, 0.3) is 0 Å². The number of thiophene rings is 1. The fraction of sp³-hybridized carbons (Fsp3) is 0.429. The molecule has 1 aromatic rings. The fourth-order valence-corrected chi connectivity index (χ4v) is 3.12. The molecule has 0 aromatic carbocycles. The van der Waals surface area contributed by atoms with Crippen molar-refractivity contribution in [3.63, 3.8) is 0 Å². The summed E-state index contributed by atoms with van der Waals surface area (Å²) in [5, 5.41) is 7.33. The molecule has 0 saturated carbocycles. The first-order chi connectivity index (χ1) is 10.0. The SMILES string of the molecule is COCCOC(=O)C1=C(C)NC(=O)N[C@H]1c1sccc1C. The van der Waals surface area contributed by atoms with Crippen molar-refractivity contribution in [1.82, 2.24) is 10.6 Å². The average Bonchev–Trinajstić information content (AvgIpc) is 2.84. The molecule has 1 atom stereocenters. The predicted molar refractivity (Wildman–Crippen MR) is 79.0 cm³/mol. The van der Waals surface area contributed by atoms with Gasteiger partial charge < -0.3 is 20.1 Å². The third kappa shape index (κ3) is 3.43. The molecule has 1 aliphatic rings. The zero-order valence-electron chi connectivity index (χ0n) is 12.2. The molecule has 6 nitrogen and oxygen atoms in total. The van der Waals surface area contributed by atoms with Crippen LogP contribution in [0.3, 0.4) is 0 Å². The molecular weight excluding hydrogens is 292 g/mol. The van der Waals surface area contributed by atoms with Gasteiger partial charge in [0.05, 0.1) is 18.2 Å². The lowest BCUT2D eigenvalue weighted by Crippen LogP contribution is -2.45. The van der Waals surface area contributed by atoms with Gasteiger partial charge in [0.25, 0.3) is 0 Å². The highest BCUT2D eigenvalue weighted by Crippen LogP contribution is 2.32. The van der Waals surface area contributed by atoms with Gasteiger partial charge in [0, 0.05) is 17.7 Å². The standard InChI is InChI=1S/C14H18N2O4S/c1-8-4-7-21-12(8)11-10(9(2)15-14(18)16-11)13(17)20-6-5-19-3/h4,7,11H,5-6H2,1-3H3,(H2,15,16,18)/t11-/m1/s1. The lowest BCUT2D eigenvalue weighted by Gasteiger charge is -2.27. The van der Waals surface area contributed by atoms with Crippen LogP contribution in [0.4, 0.5) is 4.79 Å². The smallest absolute Gasteiger partial charge is 0.338 e. The Morgan fingerprint density at radius 2 is 2.14 bits per heavy atom. The molecule has 0 fully saturated rings. The molecule has 1 aliphatic heterocycles. The van der Waals surface area contributed by atoms with Crippen LogP contribution in [-0.2, 0) is 14.3 Å². The average molecular weight is 310 g/mol. The second-order valence-corrected chi connectivity index (χ2v) is 5.61. The summed E-state index contributed by atoms with van der Waals surface area (Å²) in [5.41, 5.74) is 1.97. The van der Waals surface area contributed by atoms with E-state index >= 15 is 0 Å². The van der Waals surface area contributed by atoms with Crippen LogP contribution in [0.2, 0.25) is 0 Å². The van der Waals surface area contributed by atoms with Gasteiger partial charge in [-0.05, 0) is 30.9 Å². The highest BCUT2D eigenvalue weighted by Gasteiger charge is 2.33. The lowest BCUT2D eigenvalue weighted by atomic mass is 9.99. The van der Waals surface area contributed by atoms with Gasteiger partial charge in [0.1, 0.15) is 6.61 Å². The number of hydrogen-bond donors (Lipinski definition) is 2. The van der Waals surface area contributed by atoms with E-state index in [-0.39, 0.29) is 12.6 Å². The number of nitrogens with one attached hydrogen (secondary N) is 2. The van der Waals surface area contributed by atoms with Gasteiger partial charge in [-0.3, -0.25) is 0 Å². The van der Waals surface area contributed by atoms with E-state index in [9.17, 15) is 9.59 Å². The number of aryl methyl sites for hydroxylation is 1. The summed E-state index contributed by atoms with van der Waals surface area (Å²) in [6.45, 7) is 4.15. The van der Waals surface area contributed by atoms with Crippen molar-refractivity contribution < 1.29 is 19.1 Å². The number of ether oxygens (including phenoxy) is 2. The quantitative estimate of drug-likeness (QED) is 0.643. The Hall–Kier alpha value is -1.86. The summed E-state index contributed by atoms with van der Waals surface area (Å²) in [6.07, 6.45) is 0. The molecule has 0 spiro atoms. The summed E-state index contributed by atoms with van der Waals surface area (Å²) >= 11 is 1.50. The maximum atomic E-state index is 12.3. The van der Waals surface area contributed by atoms with Crippen LogP contribution < -0.4 is 10.6 Å². The van der Waals surface area contributed by atoms with E-state index in [0.29, 0.717) is 17.9 Å². The summed E-state index contributed by atoms with van der Waals surface area (Å²) in [5.74, 6) is -0.449. The Kier molecular flexibility index (Phi) is 4.98. The van der Waals surface area contributed by atoms with Gasteiger partial charge in [-0.15, -0.1) is 11.3 Å². The first kappa shape index (κ1) is 15.5. The van der Waals surface area contributed by atoms with E-state index in [4.69, 9.17) is 9.47 Å². The Morgan fingerprint density at radius 1 is 1.38 bits per heavy atom. The zero-order valence-corrected chi connectivity index (χ0v) is 13.0. The van der Waals surface area contributed by atoms with E-state index in [1.807, 2.05) is 18.4 Å². The van der Waals surface area contributed by atoms with Crippen LogP contribution in [0.1, 0.15) is 23.4 Å². The molecule has 114 valence electrons. The summed E-state index contributed by atoms with van der Waals surface area (Å²) in [6, 6.07) is 1.16. The summed E-state index contributed by atoms with van der Waals surface area (Å²) < 4.78 is 10.1. The number of carbonyl (C=O) groups is 2. The molecule has 21 heavy (non-hydrogen) atoms. The fourth-order valence-electron chi connectivity index (χ4n) is 2.14. The molecular formula is C14H18N2O4S. The number of esters is 1. The summed E-state index contributed by atoms with van der Waals surface area (Å²) in [4.78, 5) is 24.9. The molecule has 0 radical (unpaired) electrons. The first-order valence-corrected chi connectivity index (χ1v) is 7.41. The number of urea groups is 1. The second kappa shape index (κ2) is 6.73. The zero-order chi connectivity index (χ0) is 15.4. The Morgan fingerprint density at radius 3 is 2.76 bits per heavy atom. The minimum Gasteiger partial charge on any atom is -0.460 e. The molecule has 2 N–H and O–H groups in total. The number of amides is 2. The molecule has 2 heterocycles. The van der Waals surface area contributed by atoms with Crippen LogP contribution >= 0.6 is 11.3 Å². The van der Waals surface area contributed by atoms with Gasteiger partial charge in [-0.2, -0.15) is 0 Å². The third-order valence-electron chi connectivity index (χ3n) is 3.17. The van der Waals surface area contributed by atoms with Crippen molar-refractivity contribution in [3.05, 3.63) is 33.2 Å². The normalized spacial score (nSPS) is 18.2. The Bertz CT molecular complexity index is 579. The van der Waals surface area contributed by atoms with Gasteiger partial charge in [0.15, 0.2) is 0 Å². The molecule has 0 saturated heterocycles. The van der Waals surface area contributed by atoms with E-state index in [2.05, 4.69) is 10.6 Å². The van der Waals surface area contributed by atoms with Crippen molar-refractivity contribution in [2.45, 2.75) is 19.9 Å². The predicted octanol–water partition coefficient (Wildman–Crippen LogP) is 1.87. The van der Waals surface area contributed by atoms with Crippen LogP contribution in [0, 0.1) is 6.92 Å². The van der Waals surface area contributed by atoms with Gasteiger partial charge in [-0.25, -0.2) is 9.59 Å². The molecule has 2 amide bonds. The van der Waals surface area contributed by atoms with E-state index in [0.717, 1.165) is 10.4 Å².